The molecule has 0 bridgehead atoms. The van der Waals surface area contributed by atoms with Crippen molar-refractivity contribution in [2.75, 3.05) is 0 Å². The van der Waals surface area contributed by atoms with Crippen LogP contribution in [0.25, 0.3) is 0 Å². The molecule has 0 aliphatic heterocycles. The molecular weight excluding hydrogens is 320 g/mol. The molecule has 0 saturated heterocycles. The molecule has 0 fully saturated rings. The molecular formula is C12H12Br2O. The molecule has 0 amide bonds. The van der Waals surface area contributed by atoms with E-state index >= 15 is 0 Å². The Morgan fingerprint density at radius 3 is 2.67 bits per heavy atom. The van der Waals surface area contributed by atoms with Crippen LogP contribution in [0.3, 0.4) is 0 Å². The first-order valence-corrected chi connectivity index (χ1v) is 6.32. The molecule has 1 aromatic carbocycles. The normalized spacial score (nSPS) is 10.0. The lowest BCUT2D eigenvalue weighted by molar-refractivity contribution is 0.467. The Morgan fingerprint density at radius 1 is 1.47 bits per heavy atom. The maximum atomic E-state index is 9.76. The molecule has 1 aromatic rings. The van der Waals surface area contributed by atoms with Gasteiger partial charge in [-0.2, -0.15) is 0 Å². The van der Waals surface area contributed by atoms with E-state index in [0.717, 1.165) is 27.4 Å². The summed E-state index contributed by atoms with van der Waals surface area (Å²) in [6.07, 6.45) is 7.66. The molecule has 0 heterocycles. The molecule has 1 N–H and O–H groups in total. The minimum absolute atomic E-state index is 0.249. The van der Waals surface area contributed by atoms with E-state index in [9.17, 15) is 5.11 Å². The number of hydrogen-bond acceptors (Lipinski definition) is 1. The minimum Gasteiger partial charge on any atom is -0.506 e. The van der Waals surface area contributed by atoms with Gasteiger partial charge in [0, 0.05) is 6.42 Å². The summed E-state index contributed by atoms with van der Waals surface area (Å²) < 4.78 is 1.47. The zero-order valence-electron chi connectivity index (χ0n) is 8.48. The van der Waals surface area contributed by atoms with Crippen molar-refractivity contribution in [2.24, 2.45) is 0 Å². The molecule has 15 heavy (non-hydrogen) atoms. The van der Waals surface area contributed by atoms with Crippen LogP contribution in [0.1, 0.15) is 24.5 Å². The van der Waals surface area contributed by atoms with E-state index in [1.807, 2.05) is 6.07 Å². The molecule has 80 valence electrons. The van der Waals surface area contributed by atoms with Crippen molar-refractivity contribution < 1.29 is 5.11 Å². The molecule has 0 aromatic heterocycles. The number of aromatic hydroxyl groups is 1. The quantitative estimate of drug-likeness (QED) is 0.828. The molecule has 0 saturated carbocycles. The first-order valence-electron chi connectivity index (χ1n) is 4.74. The Kier molecular flexibility index (Phi) is 4.69. The van der Waals surface area contributed by atoms with E-state index in [2.05, 4.69) is 44.7 Å². The van der Waals surface area contributed by atoms with Gasteiger partial charge < -0.3 is 5.11 Å². The van der Waals surface area contributed by atoms with Crippen molar-refractivity contribution in [3.05, 3.63) is 26.1 Å². The first kappa shape index (κ1) is 12.6. The lowest BCUT2D eigenvalue weighted by Gasteiger charge is -2.12. The SMILES string of the molecule is C#CCCc1c(CC)cc(Br)c(O)c1Br. The summed E-state index contributed by atoms with van der Waals surface area (Å²) in [5.74, 6) is 2.86. The van der Waals surface area contributed by atoms with E-state index in [1.54, 1.807) is 0 Å². The van der Waals surface area contributed by atoms with Gasteiger partial charge >= 0.3 is 0 Å². The van der Waals surface area contributed by atoms with Crippen molar-refractivity contribution in [2.45, 2.75) is 26.2 Å². The topological polar surface area (TPSA) is 20.2 Å². The second-order valence-electron chi connectivity index (χ2n) is 3.22. The van der Waals surface area contributed by atoms with E-state index < -0.39 is 0 Å². The van der Waals surface area contributed by atoms with Crippen LogP contribution >= 0.6 is 31.9 Å². The zero-order chi connectivity index (χ0) is 11.4. The largest absolute Gasteiger partial charge is 0.506 e. The highest BCUT2D eigenvalue weighted by Gasteiger charge is 2.12. The van der Waals surface area contributed by atoms with Gasteiger partial charge in [0.15, 0.2) is 0 Å². The van der Waals surface area contributed by atoms with Gasteiger partial charge in [0.2, 0.25) is 0 Å². The highest BCUT2D eigenvalue weighted by molar-refractivity contribution is 9.11. The van der Waals surface area contributed by atoms with Crippen LogP contribution in [0, 0.1) is 12.3 Å². The van der Waals surface area contributed by atoms with Gasteiger partial charge in [-0.25, -0.2) is 0 Å². The lowest BCUT2D eigenvalue weighted by Crippen LogP contribution is -1.95. The Labute approximate surface area is 107 Å². The lowest BCUT2D eigenvalue weighted by atomic mass is 10.0. The van der Waals surface area contributed by atoms with Gasteiger partial charge in [-0.05, 0) is 61.9 Å². The summed E-state index contributed by atoms with van der Waals surface area (Å²) in [5, 5.41) is 9.76. The van der Waals surface area contributed by atoms with Crippen molar-refractivity contribution >= 4 is 31.9 Å². The third-order valence-corrected chi connectivity index (χ3v) is 3.75. The Morgan fingerprint density at radius 2 is 2.13 bits per heavy atom. The average molecular weight is 332 g/mol. The minimum atomic E-state index is 0.249. The molecule has 0 aliphatic rings. The third kappa shape index (κ3) is 2.76. The second-order valence-corrected chi connectivity index (χ2v) is 4.86. The molecule has 1 nitrogen and oxygen atoms in total. The van der Waals surface area contributed by atoms with Crippen LogP contribution in [0.5, 0.6) is 5.75 Å². The van der Waals surface area contributed by atoms with E-state index in [4.69, 9.17) is 6.42 Å². The molecule has 3 heteroatoms. The fourth-order valence-corrected chi connectivity index (χ4v) is 2.89. The summed E-state index contributed by atoms with van der Waals surface area (Å²) in [7, 11) is 0. The monoisotopic (exact) mass is 330 g/mol. The Bertz CT molecular complexity index is 405. The van der Waals surface area contributed by atoms with Crippen molar-refractivity contribution in [1.82, 2.24) is 0 Å². The molecule has 0 unspecified atom stereocenters. The summed E-state index contributed by atoms with van der Waals surface area (Å²) >= 11 is 6.72. The van der Waals surface area contributed by atoms with E-state index in [0.29, 0.717) is 6.42 Å². The zero-order valence-corrected chi connectivity index (χ0v) is 11.7. The van der Waals surface area contributed by atoms with Gasteiger partial charge in [-0.1, -0.05) is 6.92 Å². The van der Waals surface area contributed by atoms with Gasteiger partial charge in [0.25, 0.3) is 0 Å². The fraction of sp³-hybridized carbons (Fsp3) is 0.333. The second kappa shape index (κ2) is 5.58. The first-order chi connectivity index (χ1) is 7.11. The van der Waals surface area contributed by atoms with Crippen molar-refractivity contribution in [3.63, 3.8) is 0 Å². The van der Waals surface area contributed by atoms with Crippen molar-refractivity contribution in [3.8, 4) is 18.1 Å². The molecule has 0 spiro atoms. The van der Waals surface area contributed by atoms with Crippen LogP contribution in [0.2, 0.25) is 0 Å². The highest BCUT2D eigenvalue weighted by atomic mass is 79.9. The van der Waals surface area contributed by atoms with E-state index in [1.165, 1.54) is 5.56 Å². The predicted octanol–water partition coefficient (Wildman–Crippen LogP) is 4.05. The Balaban J connectivity index is 3.22. The predicted molar refractivity (Wildman–Crippen MR) is 70.0 cm³/mol. The summed E-state index contributed by atoms with van der Waals surface area (Å²) in [6.45, 7) is 2.09. The maximum absolute atomic E-state index is 9.76. The highest BCUT2D eigenvalue weighted by Crippen LogP contribution is 2.37. The van der Waals surface area contributed by atoms with Gasteiger partial charge in [0.05, 0.1) is 8.95 Å². The summed E-state index contributed by atoms with van der Waals surface area (Å²) in [4.78, 5) is 0. The van der Waals surface area contributed by atoms with Crippen LogP contribution < -0.4 is 0 Å². The third-order valence-electron chi connectivity index (χ3n) is 2.29. The van der Waals surface area contributed by atoms with Crippen LogP contribution in [0.4, 0.5) is 0 Å². The van der Waals surface area contributed by atoms with E-state index in [-0.39, 0.29) is 5.75 Å². The molecule has 0 atom stereocenters. The number of phenolic OH excluding ortho intramolecular Hbond substituents is 1. The maximum Gasteiger partial charge on any atom is 0.144 e. The number of phenols is 1. The van der Waals surface area contributed by atoms with Gasteiger partial charge in [-0.15, -0.1) is 12.3 Å². The number of terminal acetylenes is 1. The average Bonchev–Trinajstić information content (AvgIpc) is 2.24. The number of hydrogen-bond donors (Lipinski definition) is 1. The van der Waals surface area contributed by atoms with Crippen LogP contribution in [-0.4, -0.2) is 5.11 Å². The van der Waals surface area contributed by atoms with Crippen LogP contribution in [0.15, 0.2) is 15.0 Å². The molecule has 1 rings (SSSR count). The summed E-state index contributed by atoms with van der Waals surface area (Å²) in [5.41, 5.74) is 2.32. The number of halogens is 2. The van der Waals surface area contributed by atoms with Crippen molar-refractivity contribution in [1.29, 1.82) is 0 Å². The summed E-state index contributed by atoms with van der Waals surface area (Å²) in [6, 6.07) is 1.95. The molecule has 0 radical (unpaired) electrons. The van der Waals surface area contributed by atoms with Gasteiger partial charge in [-0.3, -0.25) is 0 Å². The number of aryl methyl sites for hydroxylation is 1. The molecule has 0 aliphatic carbocycles. The fourth-order valence-electron chi connectivity index (χ4n) is 1.48. The Hall–Kier alpha value is -0.460. The standard InChI is InChI=1S/C12H12Br2O/c1-3-5-6-9-8(4-2)7-10(13)12(15)11(9)14/h1,7,15H,4-6H2,2H3. The number of benzene rings is 1. The van der Waals surface area contributed by atoms with Crippen LogP contribution in [-0.2, 0) is 12.8 Å². The number of rotatable bonds is 3. The smallest absolute Gasteiger partial charge is 0.144 e. The van der Waals surface area contributed by atoms with Gasteiger partial charge in [0.1, 0.15) is 5.75 Å².